The summed E-state index contributed by atoms with van der Waals surface area (Å²) in [5, 5.41) is 8.11. The molecule has 2 N–H and O–H groups in total. The van der Waals surface area contributed by atoms with E-state index in [1.807, 2.05) is 24.3 Å². The molecule has 1 aliphatic heterocycles. The molecule has 3 aromatic rings. The summed E-state index contributed by atoms with van der Waals surface area (Å²) in [5.74, 6) is -1.26. The highest BCUT2D eigenvalue weighted by atomic mass is 35.5. The Morgan fingerprint density at radius 1 is 1.19 bits per heavy atom. The fourth-order valence-electron chi connectivity index (χ4n) is 3.16. The van der Waals surface area contributed by atoms with Gasteiger partial charge in [-0.2, -0.15) is 0 Å². The van der Waals surface area contributed by atoms with E-state index >= 15 is 0 Å². The molecule has 1 aromatic heterocycles. The third-order valence-electron chi connectivity index (χ3n) is 4.36. The van der Waals surface area contributed by atoms with E-state index in [1.54, 1.807) is 18.5 Å². The molecule has 26 heavy (non-hydrogen) atoms. The minimum absolute atomic E-state index is 0.0215. The van der Waals surface area contributed by atoms with Crippen LogP contribution in [-0.2, 0) is 9.59 Å². The number of benzene rings is 2. The number of nitrogens with one attached hydrogen (secondary N) is 2. The first-order valence-corrected chi connectivity index (χ1v) is 8.71. The quantitative estimate of drug-likeness (QED) is 0.676. The van der Waals surface area contributed by atoms with Crippen LogP contribution in [0.15, 0.2) is 48.8 Å². The van der Waals surface area contributed by atoms with Crippen LogP contribution in [0.2, 0.25) is 10.0 Å². The van der Waals surface area contributed by atoms with E-state index in [2.05, 4.69) is 15.6 Å². The van der Waals surface area contributed by atoms with E-state index in [1.165, 1.54) is 6.07 Å². The van der Waals surface area contributed by atoms with E-state index in [9.17, 15) is 9.59 Å². The molecule has 2 amide bonds. The van der Waals surface area contributed by atoms with Gasteiger partial charge in [-0.05, 0) is 17.7 Å². The van der Waals surface area contributed by atoms with Gasteiger partial charge in [0.1, 0.15) is 0 Å². The summed E-state index contributed by atoms with van der Waals surface area (Å²) in [6.45, 7) is 0. The van der Waals surface area contributed by atoms with Crippen LogP contribution < -0.4 is 10.6 Å². The number of amides is 2. The number of nitrogens with zero attached hydrogens (tertiary/aromatic N) is 1. The number of fused-ring (bicyclic) bond motifs is 2. The first-order chi connectivity index (χ1) is 12.5. The van der Waals surface area contributed by atoms with Crippen molar-refractivity contribution >= 4 is 57.2 Å². The molecule has 2 heterocycles. The lowest BCUT2D eigenvalue weighted by molar-refractivity contribution is -0.123. The lowest BCUT2D eigenvalue weighted by Gasteiger charge is -2.26. The van der Waals surface area contributed by atoms with Gasteiger partial charge in [0.05, 0.1) is 28.5 Å². The van der Waals surface area contributed by atoms with Crippen LogP contribution in [0.3, 0.4) is 0 Å². The third-order valence-corrected chi connectivity index (χ3v) is 4.87. The number of pyridine rings is 1. The van der Waals surface area contributed by atoms with Crippen molar-refractivity contribution in [2.24, 2.45) is 0 Å². The Balaban J connectivity index is 1.72. The second-order valence-corrected chi connectivity index (χ2v) is 6.90. The molecular weight excluding hydrogens is 373 g/mol. The topological polar surface area (TPSA) is 71.1 Å². The van der Waals surface area contributed by atoms with Crippen LogP contribution in [-0.4, -0.2) is 16.8 Å². The van der Waals surface area contributed by atoms with Crippen LogP contribution in [0.25, 0.3) is 10.8 Å². The van der Waals surface area contributed by atoms with E-state index < -0.39 is 5.92 Å². The first kappa shape index (κ1) is 16.8. The zero-order chi connectivity index (χ0) is 18.3. The Labute approximate surface area is 159 Å². The Kier molecular flexibility index (Phi) is 4.26. The van der Waals surface area contributed by atoms with Crippen LogP contribution in [0.5, 0.6) is 0 Å². The molecule has 2 aromatic carbocycles. The van der Waals surface area contributed by atoms with Crippen molar-refractivity contribution in [2.75, 3.05) is 10.6 Å². The van der Waals surface area contributed by atoms with Crippen LogP contribution in [0.4, 0.5) is 11.4 Å². The number of hydrogen-bond donors (Lipinski definition) is 2. The standard InChI is InChI=1S/C19H13Cl2N3O2/c20-11-5-13-14(7-17(25)24-18(13)15(21)6-11)19(26)23-16-9-22-8-10-3-1-2-4-12(10)16/h1-6,8-9,14H,7H2,(H,23,26)(H,24,25). The summed E-state index contributed by atoms with van der Waals surface area (Å²) in [6, 6.07) is 10.8. The zero-order valence-electron chi connectivity index (χ0n) is 13.4. The molecule has 1 atom stereocenters. The van der Waals surface area contributed by atoms with Gasteiger partial charge in [0.2, 0.25) is 11.8 Å². The summed E-state index contributed by atoms with van der Waals surface area (Å²) >= 11 is 12.3. The van der Waals surface area contributed by atoms with Gasteiger partial charge in [-0.1, -0.05) is 47.5 Å². The lowest BCUT2D eigenvalue weighted by Crippen LogP contribution is -2.31. The van der Waals surface area contributed by atoms with Crippen molar-refractivity contribution in [3.8, 4) is 0 Å². The highest BCUT2D eigenvalue weighted by molar-refractivity contribution is 6.37. The molecule has 0 aliphatic carbocycles. The number of carbonyl (C=O) groups is 2. The zero-order valence-corrected chi connectivity index (χ0v) is 14.9. The second kappa shape index (κ2) is 6.59. The van der Waals surface area contributed by atoms with Gasteiger partial charge in [-0.3, -0.25) is 14.6 Å². The maximum Gasteiger partial charge on any atom is 0.232 e. The smallest absolute Gasteiger partial charge is 0.232 e. The summed E-state index contributed by atoms with van der Waals surface area (Å²) in [4.78, 5) is 29.1. The number of carbonyl (C=O) groups excluding carboxylic acids is 2. The second-order valence-electron chi connectivity index (χ2n) is 6.05. The highest BCUT2D eigenvalue weighted by Crippen LogP contribution is 2.40. The van der Waals surface area contributed by atoms with Crippen molar-refractivity contribution in [3.05, 3.63) is 64.4 Å². The molecule has 0 fully saturated rings. The van der Waals surface area contributed by atoms with Gasteiger partial charge in [-0.25, -0.2) is 0 Å². The average molecular weight is 386 g/mol. The predicted molar refractivity (Wildman–Crippen MR) is 103 cm³/mol. The molecule has 1 aliphatic rings. The Morgan fingerprint density at radius 2 is 2.00 bits per heavy atom. The molecule has 0 radical (unpaired) electrons. The van der Waals surface area contributed by atoms with Gasteiger partial charge in [0.25, 0.3) is 0 Å². The SMILES string of the molecule is O=C1CC(C(=O)Nc2cncc3ccccc23)c2cc(Cl)cc(Cl)c2N1. The number of hydrogen-bond acceptors (Lipinski definition) is 3. The van der Waals surface area contributed by atoms with Gasteiger partial charge in [0, 0.05) is 28.4 Å². The summed E-state index contributed by atoms with van der Waals surface area (Å²) in [6.07, 6.45) is 3.34. The summed E-state index contributed by atoms with van der Waals surface area (Å²) in [5.41, 5.74) is 1.63. The minimum atomic E-state index is -0.686. The van der Waals surface area contributed by atoms with E-state index in [0.717, 1.165) is 10.8 Å². The Morgan fingerprint density at radius 3 is 2.85 bits per heavy atom. The summed E-state index contributed by atoms with van der Waals surface area (Å²) in [7, 11) is 0. The molecule has 0 spiro atoms. The van der Waals surface area contributed by atoms with Gasteiger partial charge < -0.3 is 10.6 Å². The Bertz CT molecular complexity index is 1050. The van der Waals surface area contributed by atoms with E-state index in [-0.39, 0.29) is 18.2 Å². The fourth-order valence-corrected chi connectivity index (χ4v) is 3.71. The van der Waals surface area contributed by atoms with Crippen LogP contribution in [0, 0.1) is 0 Å². The van der Waals surface area contributed by atoms with Crippen LogP contribution >= 0.6 is 23.2 Å². The molecule has 7 heteroatoms. The Hall–Kier alpha value is -2.63. The summed E-state index contributed by atoms with van der Waals surface area (Å²) < 4.78 is 0. The minimum Gasteiger partial charge on any atom is -0.324 e. The van der Waals surface area contributed by atoms with Crippen molar-refractivity contribution in [1.82, 2.24) is 4.98 Å². The van der Waals surface area contributed by atoms with Gasteiger partial charge >= 0.3 is 0 Å². The fraction of sp³-hybridized carbons (Fsp3) is 0.105. The molecule has 130 valence electrons. The van der Waals surface area contributed by atoms with Crippen molar-refractivity contribution < 1.29 is 9.59 Å². The number of anilines is 2. The van der Waals surface area contributed by atoms with E-state index in [4.69, 9.17) is 23.2 Å². The number of aromatic nitrogens is 1. The van der Waals surface area contributed by atoms with Crippen molar-refractivity contribution in [3.63, 3.8) is 0 Å². The third kappa shape index (κ3) is 3.00. The highest BCUT2D eigenvalue weighted by Gasteiger charge is 2.32. The van der Waals surface area contributed by atoms with Crippen molar-refractivity contribution in [1.29, 1.82) is 0 Å². The maximum atomic E-state index is 12.9. The average Bonchev–Trinajstić information content (AvgIpc) is 2.62. The maximum absolute atomic E-state index is 12.9. The first-order valence-electron chi connectivity index (χ1n) is 7.95. The molecule has 0 saturated heterocycles. The van der Waals surface area contributed by atoms with E-state index in [0.29, 0.717) is 27.0 Å². The molecule has 0 saturated carbocycles. The largest absolute Gasteiger partial charge is 0.324 e. The predicted octanol–water partition coefficient (Wildman–Crippen LogP) is 4.61. The number of rotatable bonds is 2. The van der Waals surface area contributed by atoms with Crippen LogP contribution in [0.1, 0.15) is 17.9 Å². The molecule has 5 nitrogen and oxygen atoms in total. The normalized spacial score (nSPS) is 16.1. The lowest BCUT2D eigenvalue weighted by atomic mass is 9.89. The van der Waals surface area contributed by atoms with Gasteiger partial charge in [0.15, 0.2) is 0 Å². The number of halogens is 2. The molecular formula is C19H13Cl2N3O2. The van der Waals surface area contributed by atoms with Gasteiger partial charge in [-0.15, -0.1) is 0 Å². The molecule has 4 rings (SSSR count). The molecule has 0 bridgehead atoms. The monoisotopic (exact) mass is 385 g/mol. The molecule has 1 unspecified atom stereocenters. The van der Waals surface area contributed by atoms with Crippen molar-refractivity contribution in [2.45, 2.75) is 12.3 Å².